The second-order valence-electron chi connectivity index (χ2n) is 2.74. The summed E-state index contributed by atoms with van der Waals surface area (Å²) in [4.78, 5) is 10.7. The summed E-state index contributed by atoms with van der Waals surface area (Å²) in [5, 5.41) is 17.3. The van der Waals surface area contributed by atoms with Crippen molar-refractivity contribution < 1.29 is 14.6 Å². The van der Waals surface area contributed by atoms with Gasteiger partial charge in [0.15, 0.2) is 0 Å². The lowest BCUT2D eigenvalue weighted by Gasteiger charge is -2.10. The predicted octanol–water partition coefficient (Wildman–Crippen LogP) is 1.68. The summed E-state index contributed by atoms with van der Waals surface area (Å²) in [7, 11) is 0. The van der Waals surface area contributed by atoms with E-state index in [1.807, 2.05) is 6.07 Å². The molecule has 0 aliphatic heterocycles. The van der Waals surface area contributed by atoms with E-state index in [2.05, 4.69) is 0 Å². The number of aliphatic carboxylic acids is 1. The molecular formula is C9H13NO3. The van der Waals surface area contributed by atoms with Crippen molar-refractivity contribution in [2.75, 3.05) is 0 Å². The van der Waals surface area contributed by atoms with Crippen molar-refractivity contribution in [1.82, 2.24) is 0 Å². The summed E-state index contributed by atoms with van der Waals surface area (Å²) in [6.07, 6.45) is 0.131. The van der Waals surface area contributed by atoms with Gasteiger partial charge in [-0.1, -0.05) is 6.92 Å². The molecule has 0 fully saturated rings. The van der Waals surface area contributed by atoms with Gasteiger partial charge in [0.05, 0.1) is 17.7 Å². The summed E-state index contributed by atoms with van der Waals surface area (Å²) in [6, 6.07) is 1.81. The summed E-state index contributed by atoms with van der Waals surface area (Å²) < 4.78 is 5.01. The van der Waals surface area contributed by atoms with Crippen molar-refractivity contribution in [1.29, 1.82) is 5.26 Å². The summed E-state index contributed by atoms with van der Waals surface area (Å²) in [6.45, 7) is 5.15. The third-order valence-electron chi connectivity index (χ3n) is 1.31. The highest BCUT2D eigenvalue weighted by molar-refractivity contribution is 5.86. The van der Waals surface area contributed by atoms with Crippen molar-refractivity contribution in [2.45, 2.75) is 33.3 Å². The van der Waals surface area contributed by atoms with Crippen LogP contribution in [0.15, 0.2) is 11.3 Å². The Hall–Kier alpha value is -1.50. The maximum absolute atomic E-state index is 10.7. The van der Waals surface area contributed by atoms with Crippen LogP contribution >= 0.6 is 0 Å². The molecule has 0 saturated carbocycles. The minimum Gasteiger partial charge on any atom is -0.483 e. The quantitative estimate of drug-likeness (QED) is 0.409. The molecule has 0 aromatic carbocycles. The van der Waals surface area contributed by atoms with Crippen LogP contribution in [0.3, 0.4) is 0 Å². The first kappa shape index (κ1) is 11.5. The largest absolute Gasteiger partial charge is 0.483 e. The zero-order chi connectivity index (χ0) is 10.4. The van der Waals surface area contributed by atoms with E-state index in [0.29, 0.717) is 6.42 Å². The number of carboxylic acids is 1. The second-order valence-corrected chi connectivity index (χ2v) is 2.74. The van der Waals surface area contributed by atoms with Crippen molar-refractivity contribution in [3.05, 3.63) is 11.3 Å². The molecule has 0 aliphatic rings. The number of hydrogen-bond donors (Lipinski definition) is 1. The number of nitriles is 1. The number of nitrogens with zero attached hydrogens (tertiary/aromatic N) is 1. The van der Waals surface area contributed by atoms with Gasteiger partial charge in [-0.15, -0.1) is 0 Å². The van der Waals surface area contributed by atoms with E-state index in [0.717, 1.165) is 0 Å². The Balaban J connectivity index is 4.89. The molecule has 1 N–H and O–H groups in total. The molecule has 0 aromatic rings. The van der Waals surface area contributed by atoms with E-state index in [1.165, 1.54) is 0 Å². The van der Waals surface area contributed by atoms with Crippen LogP contribution in [0, 0.1) is 11.3 Å². The van der Waals surface area contributed by atoms with E-state index in [1.54, 1.807) is 20.8 Å². The van der Waals surface area contributed by atoms with Gasteiger partial charge >= 0.3 is 5.97 Å². The SMILES string of the molecule is CC/C(C#N)=C(/OC(C)C)C(=O)O. The Kier molecular flexibility index (Phi) is 4.60. The van der Waals surface area contributed by atoms with Gasteiger partial charge in [0, 0.05) is 0 Å². The van der Waals surface area contributed by atoms with Gasteiger partial charge in [-0.05, 0) is 20.3 Å². The zero-order valence-corrected chi connectivity index (χ0v) is 8.00. The molecule has 0 unspecified atom stereocenters. The molecule has 13 heavy (non-hydrogen) atoms. The first-order valence-electron chi connectivity index (χ1n) is 4.06. The Morgan fingerprint density at radius 2 is 2.15 bits per heavy atom. The molecule has 0 amide bonds. The molecule has 0 radical (unpaired) electrons. The smallest absolute Gasteiger partial charge is 0.372 e. The van der Waals surface area contributed by atoms with Crippen molar-refractivity contribution in [3.8, 4) is 6.07 Å². The fraction of sp³-hybridized carbons (Fsp3) is 0.556. The zero-order valence-electron chi connectivity index (χ0n) is 8.00. The third-order valence-corrected chi connectivity index (χ3v) is 1.31. The highest BCUT2D eigenvalue weighted by Gasteiger charge is 2.16. The monoisotopic (exact) mass is 183 g/mol. The van der Waals surface area contributed by atoms with Gasteiger partial charge in [-0.25, -0.2) is 4.79 Å². The molecule has 4 nitrogen and oxygen atoms in total. The van der Waals surface area contributed by atoms with E-state index in [-0.39, 0.29) is 17.4 Å². The lowest BCUT2D eigenvalue weighted by atomic mass is 10.2. The minimum absolute atomic E-state index is 0.168. The van der Waals surface area contributed by atoms with Gasteiger partial charge in [0.1, 0.15) is 0 Å². The fourth-order valence-corrected chi connectivity index (χ4v) is 0.777. The van der Waals surface area contributed by atoms with Crippen LogP contribution in [0.4, 0.5) is 0 Å². The van der Waals surface area contributed by atoms with E-state index >= 15 is 0 Å². The molecule has 0 atom stereocenters. The standard InChI is InChI=1S/C9H13NO3/c1-4-7(5-10)8(9(11)12)13-6(2)3/h6H,4H2,1-3H3,(H,11,12)/b8-7-. The molecule has 0 heterocycles. The van der Waals surface area contributed by atoms with E-state index in [9.17, 15) is 4.79 Å². The fourth-order valence-electron chi connectivity index (χ4n) is 0.777. The molecule has 0 spiro atoms. The van der Waals surface area contributed by atoms with Crippen molar-refractivity contribution >= 4 is 5.97 Å². The average Bonchev–Trinajstić information content (AvgIpc) is 2.04. The van der Waals surface area contributed by atoms with Crippen LogP contribution < -0.4 is 0 Å². The Morgan fingerprint density at radius 1 is 1.62 bits per heavy atom. The van der Waals surface area contributed by atoms with Gasteiger partial charge in [0.25, 0.3) is 0 Å². The number of hydrogen-bond acceptors (Lipinski definition) is 3. The molecule has 0 saturated heterocycles. The highest BCUT2D eigenvalue weighted by Crippen LogP contribution is 2.11. The van der Waals surface area contributed by atoms with Gasteiger partial charge < -0.3 is 9.84 Å². The first-order valence-corrected chi connectivity index (χ1v) is 4.06. The van der Waals surface area contributed by atoms with Crippen molar-refractivity contribution in [2.24, 2.45) is 0 Å². The van der Waals surface area contributed by atoms with Crippen LogP contribution in [0.25, 0.3) is 0 Å². The first-order chi connectivity index (χ1) is 6.02. The van der Waals surface area contributed by atoms with Crippen LogP contribution in [0.5, 0.6) is 0 Å². The number of rotatable bonds is 4. The van der Waals surface area contributed by atoms with Crippen LogP contribution in [-0.4, -0.2) is 17.2 Å². The lowest BCUT2D eigenvalue weighted by molar-refractivity contribution is -0.137. The third kappa shape index (κ3) is 3.61. The maximum atomic E-state index is 10.7. The maximum Gasteiger partial charge on any atom is 0.372 e. The highest BCUT2D eigenvalue weighted by atomic mass is 16.5. The summed E-state index contributed by atoms with van der Waals surface area (Å²) in [5.41, 5.74) is 0.168. The molecule has 72 valence electrons. The normalized spacial score (nSPS) is 11.9. The predicted molar refractivity (Wildman–Crippen MR) is 46.8 cm³/mol. The van der Waals surface area contributed by atoms with Crippen LogP contribution in [0.2, 0.25) is 0 Å². The molecular weight excluding hydrogens is 170 g/mol. The average molecular weight is 183 g/mol. The number of allylic oxidation sites excluding steroid dienone is 1. The van der Waals surface area contributed by atoms with E-state index in [4.69, 9.17) is 15.1 Å². The molecule has 4 heteroatoms. The molecule has 0 aliphatic carbocycles. The second kappa shape index (κ2) is 5.20. The number of carboxylic acid groups (broad SMARTS) is 1. The summed E-state index contributed by atoms with van der Waals surface area (Å²) in [5.74, 6) is -1.42. The van der Waals surface area contributed by atoms with E-state index < -0.39 is 5.97 Å². The summed E-state index contributed by atoms with van der Waals surface area (Å²) >= 11 is 0. The molecule has 0 aromatic heterocycles. The Morgan fingerprint density at radius 3 is 2.38 bits per heavy atom. The topological polar surface area (TPSA) is 70.3 Å². The van der Waals surface area contributed by atoms with Gasteiger partial charge in [-0.2, -0.15) is 5.26 Å². The van der Waals surface area contributed by atoms with Crippen molar-refractivity contribution in [3.63, 3.8) is 0 Å². The van der Waals surface area contributed by atoms with Gasteiger partial charge in [0.2, 0.25) is 5.76 Å². The number of ether oxygens (including phenoxy) is 1. The Bertz CT molecular complexity index is 261. The minimum atomic E-state index is -1.19. The van der Waals surface area contributed by atoms with Crippen LogP contribution in [0.1, 0.15) is 27.2 Å². The Labute approximate surface area is 77.4 Å². The molecule has 0 rings (SSSR count). The lowest BCUT2D eigenvalue weighted by Crippen LogP contribution is -2.12. The van der Waals surface area contributed by atoms with Crippen LogP contribution in [-0.2, 0) is 9.53 Å². The number of carbonyl (C=O) groups is 1. The molecule has 0 bridgehead atoms. The van der Waals surface area contributed by atoms with Gasteiger partial charge in [-0.3, -0.25) is 0 Å².